The number of thioether (sulfide) groups is 1. The monoisotopic (exact) mass is 298 g/mol. The van der Waals surface area contributed by atoms with Gasteiger partial charge in [-0.2, -0.15) is 5.26 Å². The van der Waals surface area contributed by atoms with E-state index in [1.165, 1.54) is 0 Å². The highest BCUT2D eigenvalue weighted by Crippen LogP contribution is 2.26. The number of carbonyl (C=O) groups is 1. The Morgan fingerprint density at radius 2 is 1.95 bits per heavy atom. The fraction of sp³-hybridized carbons (Fsp3) is 0.125. The maximum absolute atomic E-state index is 11.8. The molecule has 0 heterocycles. The Balaban J connectivity index is 1.91. The van der Waals surface area contributed by atoms with Crippen molar-refractivity contribution < 1.29 is 9.53 Å². The summed E-state index contributed by atoms with van der Waals surface area (Å²) in [5.41, 5.74) is 1.19. The number of ether oxygens (including phenoxy) is 1. The predicted octanol–water partition coefficient (Wildman–Crippen LogP) is 3.30. The number of para-hydroxylation sites is 1. The molecule has 0 aliphatic carbocycles. The van der Waals surface area contributed by atoms with Gasteiger partial charge < -0.3 is 10.1 Å². The van der Waals surface area contributed by atoms with Crippen LogP contribution in [-0.4, -0.2) is 18.8 Å². The Morgan fingerprint density at radius 1 is 1.24 bits per heavy atom. The zero-order valence-electron chi connectivity index (χ0n) is 11.5. The molecule has 106 valence electrons. The second kappa shape index (κ2) is 7.36. The first-order valence-electron chi connectivity index (χ1n) is 6.29. The number of benzene rings is 2. The number of hydrogen-bond acceptors (Lipinski definition) is 4. The maximum Gasteiger partial charge on any atom is 0.262 e. The first-order chi connectivity index (χ1) is 10.2. The molecule has 0 fully saturated rings. The Morgan fingerprint density at radius 3 is 2.62 bits per heavy atom. The largest absolute Gasteiger partial charge is 0.483 e. The van der Waals surface area contributed by atoms with Gasteiger partial charge >= 0.3 is 0 Å². The highest BCUT2D eigenvalue weighted by Gasteiger charge is 2.06. The van der Waals surface area contributed by atoms with Gasteiger partial charge in [-0.1, -0.05) is 12.1 Å². The van der Waals surface area contributed by atoms with Gasteiger partial charge in [-0.05, 0) is 42.7 Å². The van der Waals surface area contributed by atoms with Crippen LogP contribution in [0.3, 0.4) is 0 Å². The molecule has 2 aromatic rings. The standard InChI is InChI=1S/C16H14N2O2S/c1-21-15-5-3-2-4-14(15)20-11-16(19)18-13-8-6-12(10-17)7-9-13/h2-9H,11H2,1H3,(H,18,19). The van der Waals surface area contributed by atoms with Crippen molar-refractivity contribution in [2.24, 2.45) is 0 Å². The van der Waals surface area contributed by atoms with Gasteiger partial charge in [0.1, 0.15) is 5.75 Å². The number of anilines is 1. The van der Waals surface area contributed by atoms with Crippen LogP contribution in [0, 0.1) is 11.3 Å². The molecule has 2 rings (SSSR count). The van der Waals surface area contributed by atoms with Crippen molar-refractivity contribution in [2.75, 3.05) is 18.2 Å². The highest BCUT2D eigenvalue weighted by atomic mass is 32.2. The molecule has 2 aromatic carbocycles. The van der Waals surface area contributed by atoms with E-state index in [0.717, 1.165) is 4.90 Å². The maximum atomic E-state index is 11.8. The Labute approximate surface area is 127 Å². The van der Waals surface area contributed by atoms with E-state index in [1.54, 1.807) is 36.0 Å². The molecule has 0 spiro atoms. The minimum absolute atomic E-state index is 0.0580. The molecular formula is C16H14N2O2S. The zero-order chi connectivity index (χ0) is 15.1. The predicted molar refractivity (Wildman–Crippen MR) is 83.5 cm³/mol. The fourth-order valence-corrected chi connectivity index (χ4v) is 2.25. The van der Waals surface area contributed by atoms with Crippen LogP contribution in [0.2, 0.25) is 0 Å². The van der Waals surface area contributed by atoms with Crippen molar-refractivity contribution in [3.63, 3.8) is 0 Å². The van der Waals surface area contributed by atoms with Crippen molar-refractivity contribution in [1.82, 2.24) is 0 Å². The van der Waals surface area contributed by atoms with E-state index in [1.807, 2.05) is 36.6 Å². The van der Waals surface area contributed by atoms with Crippen molar-refractivity contribution in [2.45, 2.75) is 4.90 Å². The fourth-order valence-electron chi connectivity index (χ4n) is 1.71. The summed E-state index contributed by atoms with van der Waals surface area (Å²) >= 11 is 1.57. The highest BCUT2D eigenvalue weighted by molar-refractivity contribution is 7.98. The van der Waals surface area contributed by atoms with Gasteiger partial charge in [0.05, 0.1) is 11.6 Å². The van der Waals surface area contributed by atoms with Crippen LogP contribution in [0.25, 0.3) is 0 Å². The molecule has 0 aliphatic rings. The molecule has 0 saturated heterocycles. The summed E-state index contributed by atoms with van der Waals surface area (Å²) in [4.78, 5) is 12.8. The molecule has 1 amide bonds. The smallest absolute Gasteiger partial charge is 0.262 e. The SMILES string of the molecule is CSc1ccccc1OCC(=O)Nc1ccc(C#N)cc1. The van der Waals surface area contributed by atoms with Gasteiger partial charge in [0.25, 0.3) is 5.91 Å². The second-order valence-electron chi connectivity index (χ2n) is 4.18. The van der Waals surface area contributed by atoms with Crippen LogP contribution >= 0.6 is 11.8 Å². The van der Waals surface area contributed by atoms with Crippen LogP contribution in [-0.2, 0) is 4.79 Å². The Bertz CT molecular complexity index is 663. The summed E-state index contributed by atoms with van der Waals surface area (Å²) in [6, 6.07) is 16.3. The van der Waals surface area contributed by atoms with Gasteiger partial charge in [0, 0.05) is 10.6 Å². The summed E-state index contributed by atoms with van der Waals surface area (Å²) in [5, 5.41) is 11.4. The summed E-state index contributed by atoms with van der Waals surface area (Å²) in [6.07, 6.45) is 1.96. The van der Waals surface area contributed by atoms with Crippen molar-refractivity contribution in [1.29, 1.82) is 5.26 Å². The minimum atomic E-state index is -0.240. The Kier molecular flexibility index (Phi) is 5.24. The molecule has 1 N–H and O–H groups in total. The molecule has 0 saturated carbocycles. The van der Waals surface area contributed by atoms with E-state index >= 15 is 0 Å². The zero-order valence-corrected chi connectivity index (χ0v) is 12.3. The van der Waals surface area contributed by atoms with Gasteiger partial charge in [0.15, 0.2) is 6.61 Å². The summed E-state index contributed by atoms with van der Waals surface area (Å²) < 4.78 is 5.52. The lowest BCUT2D eigenvalue weighted by atomic mass is 10.2. The third kappa shape index (κ3) is 4.26. The number of nitrogens with one attached hydrogen (secondary N) is 1. The quantitative estimate of drug-likeness (QED) is 0.860. The topological polar surface area (TPSA) is 62.1 Å². The molecule has 0 bridgehead atoms. The van der Waals surface area contributed by atoms with Crippen molar-refractivity contribution in [3.05, 3.63) is 54.1 Å². The molecule has 0 aliphatic heterocycles. The molecular weight excluding hydrogens is 284 g/mol. The van der Waals surface area contributed by atoms with Gasteiger partial charge in [-0.3, -0.25) is 4.79 Å². The van der Waals surface area contributed by atoms with Crippen LogP contribution in [0.5, 0.6) is 5.75 Å². The van der Waals surface area contributed by atoms with E-state index in [0.29, 0.717) is 17.0 Å². The van der Waals surface area contributed by atoms with Gasteiger partial charge in [-0.25, -0.2) is 0 Å². The van der Waals surface area contributed by atoms with E-state index in [9.17, 15) is 4.79 Å². The number of carbonyl (C=O) groups excluding carboxylic acids is 1. The average molecular weight is 298 g/mol. The first-order valence-corrected chi connectivity index (χ1v) is 7.51. The lowest BCUT2D eigenvalue weighted by Gasteiger charge is -2.10. The van der Waals surface area contributed by atoms with Gasteiger partial charge in [0.2, 0.25) is 0 Å². The first kappa shape index (κ1) is 14.9. The normalized spacial score (nSPS) is 9.71. The summed E-state index contributed by atoms with van der Waals surface area (Å²) in [7, 11) is 0. The molecule has 0 unspecified atom stereocenters. The lowest BCUT2D eigenvalue weighted by Crippen LogP contribution is -2.20. The van der Waals surface area contributed by atoms with Crippen molar-refractivity contribution >= 4 is 23.4 Å². The second-order valence-corrected chi connectivity index (χ2v) is 5.02. The van der Waals surface area contributed by atoms with Gasteiger partial charge in [-0.15, -0.1) is 11.8 Å². The van der Waals surface area contributed by atoms with Crippen LogP contribution < -0.4 is 10.1 Å². The number of nitrogens with zero attached hydrogens (tertiary/aromatic N) is 1. The molecule has 0 aromatic heterocycles. The lowest BCUT2D eigenvalue weighted by molar-refractivity contribution is -0.118. The number of nitriles is 1. The molecule has 5 heteroatoms. The van der Waals surface area contributed by atoms with E-state index < -0.39 is 0 Å². The Hall–Kier alpha value is -2.45. The molecule has 21 heavy (non-hydrogen) atoms. The van der Waals surface area contributed by atoms with E-state index in [-0.39, 0.29) is 12.5 Å². The van der Waals surface area contributed by atoms with Crippen LogP contribution in [0.15, 0.2) is 53.4 Å². The number of hydrogen-bond donors (Lipinski definition) is 1. The van der Waals surface area contributed by atoms with Crippen LogP contribution in [0.1, 0.15) is 5.56 Å². The number of rotatable bonds is 5. The summed E-state index contributed by atoms with van der Waals surface area (Å²) in [6.45, 7) is -0.0580. The third-order valence-corrected chi connectivity index (χ3v) is 3.50. The molecule has 0 radical (unpaired) electrons. The number of amides is 1. The van der Waals surface area contributed by atoms with E-state index in [4.69, 9.17) is 10.00 Å². The average Bonchev–Trinajstić information content (AvgIpc) is 2.54. The van der Waals surface area contributed by atoms with Crippen molar-refractivity contribution in [3.8, 4) is 11.8 Å². The summed E-state index contributed by atoms with van der Waals surface area (Å²) in [5.74, 6) is 0.454. The minimum Gasteiger partial charge on any atom is -0.483 e. The third-order valence-electron chi connectivity index (χ3n) is 2.73. The van der Waals surface area contributed by atoms with E-state index in [2.05, 4.69) is 5.32 Å². The molecule has 4 nitrogen and oxygen atoms in total. The van der Waals surface area contributed by atoms with Crippen LogP contribution in [0.4, 0.5) is 5.69 Å². The molecule has 0 atom stereocenters.